The maximum absolute atomic E-state index is 12.1. The molecule has 0 aliphatic heterocycles. The highest BCUT2D eigenvalue weighted by Crippen LogP contribution is 2.20. The Labute approximate surface area is 153 Å². The van der Waals surface area contributed by atoms with Crippen molar-refractivity contribution in [2.75, 3.05) is 11.9 Å². The summed E-state index contributed by atoms with van der Waals surface area (Å²) < 4.78 is 27.6. The smallest absolute Gasteiger partial charge is 0.242 e. The number of hydrogen-bond donors (Lipinski definition) is 2. The molecule has 2 aromatic carbocycles. The molecule has 0 fully saturated rings. The molecule has 0 saturated heterocycles. The highest BCUT2D eigenvalue weighted by molar-refractivity contribution is 14.1. The van der Waals surface area contributed by atoms with Crippen LogP contribution in [0.5, 0.6) is 0 Å². The fourth-order valence-corrected chi connectivity index (χ4v) is 3.70. The highest BCUT2D eigenvalue weighted by atomic mass is 127. The van der Waals surface area contributed by atoms with Crippen LogP contribution < -0.4 is 10.0 Å². The molecule has 122 valence electrons. The van der Waals surface area contributed by atoms with Crippen molar-refractivity contribution in [1.29, 1.82) is 0 Å². The minimum absolute atomic E-state index is 0.000269. The van der Waals surface area contributed by atoms with Crippen LogP contribution in [0.2, 0.25) is 5.02 Å². The van der Waals surface area contributed by atoms with E-state index in [1.165, 1.54) is 12.1 Å². The van der Waals surface area contributed by atoms with Crippen molar-refractivity contribution in [3.63, 3.8) is 0 Å². The molecule has 0 bridgehead atoms. The van der Waals surface area contributed by atoms with Crippen molar-refractivity contribution in [3.8, 4) is 0 Å². The van der Waals surface area contributed by atoms with Crippen molar-refractivity contribution in [2.24, 2.45) is 0 Å². The zero-order chi connectivity index (χ0) is 16.9. The van der Waals surface area contributed by atoms with Gasteiger partial charge in [0.1, 0.15) is 4.90 Å². The maximum Gasteiger partial charge on any atom is 0.242 e. The first kappa shape index (κ1) is 18.2. The van der Waals surface area contributed by atoms with Crippen molar-refractivity contribution >= 4 is 55.8 Å². The van der Waals surface area contributed by atoms with E-state index in [4.69, 9.17) is 11.6 Å². The average Bonchev–Trinajstić information content (AvgIpc) is 2.49. The molecule has 0 spiro atoms. The number of halogens is 2. The topological polar surface area (TPSA) is 75.3 Å². The minimum Gasteiger partial charge on any atom is -0.326 e. The summed E-state index contributed by atoms with van der Waals surface area (Å²) in [6, 6.07) is 13.5. The Bertz CT molecular complexity index is 795. The van der Waals surface area contributed by atoms with Crippen LogP contribution in [-0.4, -0.2) is 20.9 Å². The number of hydrogen-bond acceptors (Lipinski definition) is 3. The molecule has 2 rings (SSSR count). The molecule has 0 radical (unpaired) electrons. The Hall–Kier alpha value is -1.16. The zero-order valence-corrected chi connectivity index (χ0v) is 15.7. The number of carbonyl (C=O) groups is 1. The Morgan fingerprint density at radius 2 is 1.74 bits per heavy atom. The standard InChI is InChI=1S/C15H14ClIN2O3S/c16-13-3-1-2-4-14(13)23(21,22)18-10-9-15(20)19-12-7-5-11(17)6-8-12/h1-8,18H,9-10H2,(H,19,20). The first-order chi connectivity index (χ1) is 10.9. The van der Waals surface area contributed by atoms with Crippen molar-refractivity contribution in [2.45, 2.75) is 11.3 Å². The second-order valence-electron chi connectivity index (χ2n) is 4.63. The Morgan fingerprint density at radius 3 is 2.39 bits per heavy atom. The van der Waals surface area contributed by atoms with Gasteiger partial charge in [-0.1, -0.05) is 23.7 Å². The number of carbonyl (C=O) groups excluding carboxylic acids is 1. The molecule has 0 atom stereocenters. The molecular weight excluding hydrogens is 451 g/mol. The van der Waals surface area contributed by atoms with E-state index in [1.807, 2.05) is 12.1 Å². The third kappa shape index (κ3) is 5.45. The molecule has 23 heavy (non-hydrogen) atoms. The first-order valence-electron chi connectivity index (χ1n) is 6.68. The van der Waals surface area contributed by atoms with Crippen LogP contribution in [0.4, 0.5) is 5.69 Å². The quantitative estimate of drug-likeness (QED) is 0.645. The molecule has 0 heterocycles. The summed E-state index contributed by atoms with van der Waals surface area (Å²) in [5.74, 6) is -0.270. The van der Waals surface area contributed by atoms with Gasteiger partial charge in [-0.05, 0) is 59.0 Å². The highest BCUT2D eigenvalue weighted by Gasteiger charge is 2.17. The molecule has 2 N–H and O–H groups in total. The van der Waals surface area contributed by atoms with Crippen LogP contribution in [-0.2, 0) is 14.8 Å². The molecule has 1 amide bonds. The Balaban J connectivity index is 1.88. The number of anilines is 1. The van der Waals surface area contributed by atoms with Crippen LogP contribution in [0.25, 0.3) is 0 Å². The number of benzene rings is 2. The van der Waals surface area contributed by atoms with Gasteiger partial charge in [-0.3, -0.25) is 4.79 Å². The van der Waals surface area contributed by atoms with Crippen LogP contribution >= 0.6 is 34.2 Å². The fraction of sp³-hybridized carbons (Fsp3) is 0.133. The molecule has 0 aliphatic carbocycles. The predicted molar refractivity (Wildman–Crippen MR) is 99.0 cm³/mol. The van der Waals surface area contributed by atoms with E-state index in [-0.39, 0.29) is 28.8 Å². The van der Waals surface area contributed by atoms with Crippen molar-refractivity contribution in [1.82, 2.24) is 4.72 Å². The normalized spacial score (nSPS) is 11.2. The minimum atomic E-state index is -3.73. The second-order valence-corrected chi connectivity index (χ2v) is 8.02. The van der Waals surface area contributed by atoms with Crippen LogP contribution in [0.3, 0.4) is 0 Å². The van der Waals surface area contributed by atoms with Gasteiger partial charge in [-0.15, -0.1) is 0 Å². The van der Waals surface area contributed by atoms with Crippen LogP contribution in [0.1, 0.15) is 6.42 Å². The second kappa shape index (κ2) is 8.09. The summed E-state index contributed by atoms with van der Waals surface area (Å²) in [5.41, 5.74) is 0.671. The summed E-state index contributed by atoms with van der Waals surface area (Å²) in [4.78, 5) is 11.8. The van der Waals surface area contributed by atoms with E-state index in [0.717, 1.165) is 3.57 Å². The number of rotatable bonds is 6. The fourth-order valence-electron chi connectivity index (χ4n) is 1.80. The lowest BCUT2D eigenvalue weighted by Gasteiger charge is -2.08. The van der Waals surface area contributed by atoms with Gasteiger partial charge in [-0.2, -0.15) is 0 Å². The van der Waals surface area contributed by atoms with Gasteiger partial charge in [0, 0.05) is 22.2 Å². The van der Waals surface area contributed by atoms with E-state index < -0.39 is 10.0 Å². The van der Waals surface area contributed by atoms with E-state index in [2.05, 4.69) is 32.6 Å². The van der Waals surface area contributed by atoms with Gasteiger partial charge in [0.05, 0.1) is 5.02 Å². The summed E-state index contributed by atoms with van der Waals surface area (Å²) in [5, 5.41) is 2.85. The monoisotopic (exact) mass is 464 g/mol. The molecule has 0 aromatic heterocycles. The summed E-state index contributed by atoms with van der Waals surface area (Å²) in [6.07, 6.45) is 0.0235. The number of sulfonamides is 1. The molecule has 5 nitrogen and oxygen atoms in total. The van der Waals surface area contributed by atoms with E-state index in [0.29, 0.717) is 5.69 Å². The van der Waals surface area contributed by atoms with E-state index >= 15 is 0 Å². The maximum atomic E-state index is 12.1. The third-order valence-corrected chi connectivity index (χ3v) is 5.58. The Kier molecular flexibility index (Phi) is 6.40. The van der Waals surface area contributed by atoms with Crippen molar-refractivity contribution < 1.29 is 13.2 Å². The van der Waals surface area contributed by atoms with E-state index in [1.54, 1.807) is 24.3 Å². The summed E-state index contributed by atoms with van der Waals surface area (Å²) >= 11 is 8.04. The lowest BCUT2D eigenvalue weighted by atomic mass is 10.3. The van der Waals surface area contributed by atoms with Gasteiger partial charge in [0.2, 0.25) is 15.9 Å². The molecule has 0 saturated carbocycles. The van der Waals surface area contributed by atoms with Crippen LogP contribution in [0.15, 0.2) is 53.4 Å². The molecule has 2 aromatic rings. The number of nitrogens with one attached hydrogen (secondary N) is 2. The third-order valence-electron chi connectivity index (χ3n) is 2.90. The molecule has 0 unspecified atom stereocenters. The SMILES string of the molecule is O=C(CCNS(=O)(=O)c1ccccc1Cl)Nc1ccc(I)cc1. The van der Waals surface area contributed by atoms with Crippen LogP contribution in [0, 0.1) is 3.57 Å². The van der Waals surface area contributed by atoms with E-state index in [9.17, 15) is 13.2 Å². The lowest BCUT2D eigenvalue weighted by Crippen LogP contribution is -2.28. The largest absolute Gasteiger partial charge is 0.326 e. The van der Waals surface area contributed by atoms with Gasteiger partial charge in [-0.25, -0.2) is 13.1 Å². The number of amides is 1. The molecular formula is C15H14ClIN2O3S. The lowest BCUT2D eigenvalue weighted by molar-refractivity contribution is -0.116. The van der Waals surface area contributed by atoms with Gasteiger partial charge in [0.25, 0.3) is 0 Å². The summed E-state index contributed by atoms with van der Waals surface area (Å²) in [6.45, 7) is -0.0102. The van der Waals surface area contributed by atoms with Gasteiger partial charge in [0.15, 0.2) is 0 Å². The summed E-state index contributed by atoms with van der Waals surface area (Å²) in [7, 11) is -3.73. The molecule has 0 aliphatic rings. The van der Waals surface area contributed by atoms with Gasteiger partial charge >= 0.3 is 0 Å². The first-order valence-corrected chi connectivity index (χ1v) is 9.62. The Morgan fingerprint density at radius 1 is 1.09 bits per heavy atom. The van der Waals surface area contributed by atoms with Gasteiger partial charge < -0.3 is 5.32 Å². The van der Waals surface area contributed by atoms with Crippen molar-refractivity contribution in [3.05, 3.63) is 57.1 Å². The zero-order valence-electron chi connectivity index (χ0n) is 11.9. The average molecular weight is 465 g/mol. The molecule has 8 heteroatoms. The predicted octanol–water partition coefficient (Wildman–Crippen LogP) is 3.25.